The summed E-state index contributed by atoms with van der Waals surface area (Å²) >= 11 is 0. The van der Waals surface area contributed by atoms with Crippen LogP contribution in [0, 0.1) is 0 Å². The molecule has 0 radical (unpaired) electrons. The predicted molar refractivity (Wildman–Crippen MR) is 128 cm³/mol. The zero-order valence-corrected chi connectivity index (χ0v) is 19.9. The number of methoxy groups -OCH3 is 4. The van der Waals surface area contributed by atoms with Crippen molar-refractivity contribution in [3.8, 4) is 23.0 Å². The van der Waals surface area contributed by atoms with E-state index in [9.17, 15) is 10.2 Å². The molecule has 2 N–H and O–H groups in total. The summed E-state index contributed by atoms with van der Waals surface area (Å²) in [7, 11) is 6.38. The van der Waals surface area contributed by atoms with Gasteiger partial charge in [0, 0.05) is 17.0 Å². The van der Waals surface area contributed by atoms with Crippen LogP contribution in [0.1, 0.15) is 34.6 Å². The van der Waals surface area contributed by atoms with E-state index in [2.05, 4.69) is 12.1 Å². The minimum absolute atomic E-state index is 0.157. The Bertz CT molecular complexity index is 1210. The molecule has 0 aromatic heterocycles. The Morgan fingerprint density at radius 2 is 1.50 bits per heavy atom. The molecule has 2 aliphatic rings. The van der Waals surface area contributed by atoms with Crippen molar-refractivity contribution < 1.29 is 29.2 Å². The normalized spacial score (nSPS) is 27.1. The number of aliphatic hydroxyl groups excluding tert-OH is 1. The maximum Gasteiger partial charge on any atom is 0.161 e. The summed E-state index contributed by atoms with van der Waals surface area (Å²) in [5.74, 6) is 2.18. The van der Waals surface area contributed by atoms with Crippen LogP contribution in [0.5, 0.6) is 23.0 Å². The second kappa shape index (κ2) is 8.22. The van der Waals surface area contributed by atoms with Gasteiger partial charge in [0.2, 0.25) is 0 Å². The maximum atomic E-state index is 12.6. The van der Waals surface area contributed by atoms with E-state index < -0.39 is 17.1 Å². The highest BCUT2D eigenvalue weighted by atomic mass is 16.5. The van der Waals surface area contributed by atoms with Gasteiger partial charge in [0.05, 0.1) is 34.5 Å². The average Bonchev–Trinajstić information content (AvgIpc) is 3.28. The summed E-state index contributed by atoms with van der Waals surface area (Å²) in [6.45, 7) is 0. The Kier molecular flexibility index (Phi) is 5.46. The molecule has 0 amide bonds. The van der Waals surface area contributed by atoms with Crippen LogP contribution < -0.4 is 18.9 Å². The monoisotopic (exact) mass is 462 g/mol. The lowest BCUT2D eigenvalue weighted by molar-refractivity contribution is -0.0938. The first kappa shape index (κ1) is 22.6. The van der Waals surface area contributed by atoms with Crippen LogP contribution in [0.15, 0.2) is 60.7 Å². The third-order valence-corrected chi connectivity index (χ3v) is 7.78. The number of hydrogen-bond donors (Lipinski definition) is 2. The highest BCUT2D eigenvalue weighted by Crippen LogP contribution is 2.68. The lowest BCUT2D eigenvalue weighted by atomic mass is 9.63. The van der Waals surface area contributed by atoms with Crippen LogP contribution in [-0.2, 0) is 17.4 Å². The van der Waals surface area contributed by atoms with Crippen molar-refractivity contribution in [2.75, 3.05) is 28.4 Å². The minimum Gasteiger partial charge on any atom is -0.497 e. The lowest BCUT2D eigenvalue weighted by Crippen LogP contribution is -2.49. The molecular weight excluding hydrogens is 432 g/mol. The lowest BCUT2D eigenvalue weighted by Gasteiger charge is -2.43. The first-order valence-corrected chi connectivity index (χ1v) is 11.4. The fourth-order valence-electron chi connectivity index (χ4n) is 6.34. The van der Waals surface area contributed by atoms with E-state index in [0.717, 1.165) is 16.7 Å². The van der Waals surface area contributed by atoms with Crippen LogP contribution >= 0.6 is 0 Å². The highest BCUT2D eigenvalue weighted by Gasteiger charge is 2.70. The Hall–Kier alpha value is -3.22. The van der Waals surface area contributed by atoms with E-state index in [1.165, 1.54) is 0 Å². The Labute approximate surface area is 199 Å². The van der Waals surface area contributed by atoms with Crippen molar-refractivity contribution in [3.63, 3.8) is 0 Å². The Morgan fingerprint density at radius 3 is 2.15 bits per heavy atom. The SMILES string of the molecule is COc1cc2c(c(OC)c1)[C@]1(O)[C@H](O)C[C@@H](c3ccccc3)[C@]1(c1ccc(OC)c(OC)c1)C2. The summed E-state index contributed by atoms with van der Waals surface area (Å²) in [6.07, 6.45) is -0.100. The van der Waals surface area contributed by atoms with E-state index in [1.54, 1.807) is 34.5 Å². The standard InChI is InChI=1S/C28H30O6/c1-31-20-12-18-16-27(19-10-11-22(32-2)23(13-19)33-3)21(17-8-6-5-7-9-17)15-25(29)28(27,30)26(18)24(14-20)34-4/h5-14,21,25,29-30H,15-16H2,1-4H3/t21-,25+,27+,28+/m0/s1. The molecule has 0 aliphatic heterocycles. The molecule has 1 fully saturated rings. The summed E-state index contributed by atoms with van der Waals surface area (Å²) in [4.78, 5) is 0. The number of fused-ring (bicyclic) bond motifs is 3. The summed E-state index contributed by atoms with van der Waals surface area (Å²) in [6, 6.07) is 19.5. The number of rotatable bonds is 6. The molecule has 178 valence electrons. The van der Waals surface area contributed by atoms with E-state index in [0.29, 0.717) is 41.4 Å². The molecular formula is C28H30O6. The average molecular weight is 463 g/mol. The Balaban J connectivity index is 1.83. The fourth-order valence-corrected chi connectivity index (χ4v) is 6.34. The minimum atomic E-state index is -1.58. The van der Waals surface area contributed by atoms with Crippen LogP contribution in [0.4, 0.5) is 0 Å². The van der Waals surface area contributed by atoms with Gasteiger partial charge in [0.1, 0.15) is 17.1 Å². The number of benzene rings is 3. The van der Waals surface area contributed by atoms with E-state index >= 15 is 0 Å². The van der Waals surface area contributed by atoms with Crippen molar-refractivity contribution in [2.45, 2.75) is 35.9 Å². The van der Waals surface area contributed by atoms with Gasteiger partial charge in [0.15, 0.2) is 11.5 Å². The smallest absolute Gasteiger partial charge is 0.161 e. The third-order valence-electron chi connectivity index (χ3n) is 7.78. The third kappa shape index (κ3) is 2.88. The fraction of sp³-hybridized carbons (Fsp3) is 0.357. The number of hydrogen-bond acceptors (Lipinski definition) is 6. The zero-order valence-electron chi connectivity index (χ0n) is 19.9. The van der Waals surface area contributed by atoms with Crippen molar-refractivity contribution in [3.05, 3.63) is 82.9 Å². The molecule has 0 unspecified atom stereocenters. The molecule has 0 saturated heterocycles. The zero-order chi connectivity index (χ0) is 24.1. The van der Waals surface area contributed by atoms with Gasteiger partial charge in [-0.15, -0.1) is 0 Å². The summed E-state index contributed by atoms with van der Waals surface area (Å²) in [5.41, 5.74) is 1.00. The van der Waals surface area contributed by atoms with Crippen LogP contribution in [0.3, 0.4) is 0 Å². The summed E-state index contributed by atoms with van der Waals surface area (Å²) in [5, 5.41) is 24.2. The van der Waals surface area contributed by atoms with E-state index in [1.807, 2.05) is 42.5 Å². The van der Waals surface area contributed by atoms with Gasteiger partial charge >= 0.3 is 0 Å². The molecule has 3 aromatic carbocycles. The molecule has 3 aromatic rings. The predicted octanol–water partition coefficient (Wildman–Crippen LogP) is 3.95. The first-order chi connectivity index (χ1) is 16.4. The number of ether oxygens (including phenoxy) is 4. The van der Waals surface area contributed by atoms with Gasteiger partial charge in [-0.25, -0.2) is 0 Å². The quantitative estimate of drug-likeness (QED) is 0.578. The van der Waals surface area contributed by atoms with Crippen molar-refractivity contribution in [1.82, 2.24) is 0 Å². The van der Waals surface area contributed by atoms with Gasteiger partial charge in [-0.2, -0.15) is 0 Å². The molecule has 0 spiro atoms. The molecule has 6 nitrogen and oxygen atoms in total. The van der Waals surface area contributed by atoms with Gasteiger partial charge in [-0.05, 0) is 53.6 Å². The van der Waals surface area contributed by atoms with E-state index in [-0.39, 0.29) is 5.92 Å². The second-order valence-electron chi connectivity index (χ2n) is 9.06. The Morgan fingerprint density at radius 1 is 0.794 bits per heavy atom. The van der Waals surface area contributed by atoms with Gasteiger partial charge in [-0.3, -0.25) is 0 Å². The van der Waals surface area contributed by atoms with Crippen LogP contribution in [0.2, 0.25) is 0 Å². The topological polar surface area (TPSA) is 77.4 Å². The molecule has 0 heterocycles. The van der Waals surface area contributed by atoms with Crippen molar-refractivity contribution in [2.24, 2.45) is 0 Å². The van der Waals surface area contributed by atoms with Crippen molar-refractivity contribution in [1.29, 1.82) is 0 Å². The molecule has 5 rings (SSSR count). The largest absolute Gasteiger partial charge is 0.497 e. The van der Waals surface area contributed by atoms with Gasteiger partial charge < -0.3 is 29.2 Å². The maximum absolute atomic E-state index is 12.6. The van der Waals surface area contributed by atoms with Crippen LogP contribution in [0.25, 0.3) is 0 Å². The highest BCUT2D eigenvalue weighted by molar-refractivity contribution is 5.63. The van der Waals surface area contributed by atoms with E-state index in [4.69, 9.17) is 18.9 Å². The first-order valence-electron chi connectivity index (χ1n) is 11.4. The molecule has 2 aliphatic carbocycles. The second-order valence-corrected chi connectivity index (χ2v) is 9.06. The molecule has 6 heteroatoms. The van der Waals surface area contributed by atoms with Gasteiger partial charge in [-0.1, -0.05) is 36.4 Å². The summed E-state index contributed by atoms with van der Waals surface area (Å²) < 4.78 is 22.4. The van der Waals surface area contributed by atoms with Gasteiger partial charge in [0.25, 0.3) is 0 Å². The number of aliphatic hydroxyl groups is 2. The molecule has 0 bridgehead atoms. The van der Waals surface area contributed by atoms with Crippen LogP contribution in [-0.4, -0.2) is 44.8 Å². The molecule has 1 saturated carbocycles. The molecule has 4 atom stereocenters. The van der Waals surface area contributed by atoms with Crippen molar-refractivity contribution >= 4 is 0 Å². The molecule has 34 heavy (non-hydrogen) atoms.